The van der Waals surface area contributed by atoms with E-state index in [9.17, 15) is 8.42 Å². The van der Waals surface area contributed by atoms with Crippen LogP contribution in [0.2, 0.25) is 0 Å². The van der Waals surface area contributed by atoms with Crippen molar-refractivity contribution in [2.24, 2.45) is 4.99 Å². The van der Waals surface area contributed by atoms with E-state index in [0.29, 0.717) is 12.5 Å². The summed E-state index contributed by atoms with van der Waals surface area (Å²) in [6.07, 6.45) is 3.05. The Bertz CT molecular complexity index is 715. The fourth-order valence-electron chi connectivity index (χ4n) is 3.11. The highest BCUT2D eigenvalue weighted by Gasteiger charge is 2.18. The van der Waals surface area contributed by atoms with Crippen LogP contribution in [-0.2, 0) is 14.8 Å². The highest BCUT2D eigenvalue weighted by atomic mass is 32.2. The van der Waals surface area contributed by atoms with Crippen LogP contribution in [0, 0.1) is 6.92 Å². The normalized spacial score (nSPS) is 19.5. The number of sulfonamides is 1. The second-order valence-corrected chi connectivity index (χ2v) is 8.80. The van der Waals surface area contributed by atoms with Crippen LogP contribution in [0.25, 0.3) is 0 Å². The molecular formula is C19H32N4O3S. The second kappa shape index (κ2) is 10.6. The van der Waals surface area contributed by atoms with Gasteiger partial charge in [-0.1, -0.05) is 24.3 Å². The van der Waals surface area contributed by atoms with Gasteiger partial charge in [0.25, 0.3) is 0 Å². The summed E-state index contributed by atoms with van der Waals surface area (Å²) in [5, 5.41) is 6.37. The molecule has 0 spiro atoms. The third-order valence-electron chi connectivity index (χ3n) is 4.70. The molecule has 3 N–H and O–H groups in total. The summed E-state index contributed by atoms with van der Waals surface area (Å²) >= 11 is 0. The van der Waals surface area contributed by atoms with Crippen molar-refractivity contribution in [2.45, 2.75) is 45.3 Å². The minimum Gasteiger partial charge on any atom is -0.377 e. The molecule has 152 valence electrons. The number of hydrogen-bond donors (Lipinski definition) is 3. The Kier molecular flexibility index (Phi) is 8.53. The predicted octanol–water partition coefficient (Wildman–Crippen LogP) is 1.71. The number of ether oxygens (including phenoxy) is 1. The molecule has 0 aromatic heterocycles. The van der Waals surface area contributed by atoms with E-state index in [1.165, 1.54) is 11.1 Å². The molecule has 0 bridgehead atoms. The molecule has 0 radical (unpaired) electrons. The van der Waals surface area contributed by atoms with Gasteiger partial charge in [0, 0.05) is 26.7 Å². The number of nitrogens with one attached hydrogen (secondary N) is 3. The van der Waals surface area contributed by atoms with Gasteiger partial charge in [-0.05, 0) is 44.2 Å². The lowest BCUT2D eigenvalue weighted by atomic mass is 10.0. The molecule has 0 amide bonds. The lowest BCUT2D eigenvalue weighted by molar-refractivity contribution is 0.0200. The van der Waals surface area contributed by atoms with E-state index in [-0.39, 0.29) is 24.4 Å². The lowest BCUT2D eigenvalue weighted by Gasteiger charge is -2.23. The Balaban J connectivity index is 1.75. The summed E-state index contributed by atoms with van der Waals surface area (Å²) < 4.78 is 32.5. The van der Waals surface area contributed by atoms with Crippen molar-refractivity contribution in [3.63, 3.8) is 0 Å². The monoisotopic (exact) mass is 396 g/mol. The van der Waals surface area contributed by atoms with Gasteiger partial charge in [-0.3, -0.25) is 4.99 Å². The molecular weight excluding hydrogens is 364 g/mol. The Morgan fingerprint density at radius 2 is 2.11 bits per heavy atom. The second-order valence-electron chi connectivity index (χ2n) is 6.88. The highest BCUT2D eigenvalue weighted by molar-refractivity contribution is 7.89. The van der Waals surface area contributed by atoms with Crippen molar-refractivity contribution in [3.05, 3.63) is 35.4 Å². The Hall–Kier alpha value is -1.64. The van der Waals surface area contributed by atoms with Gasteiger partial charge in [-0.2, -0.15) is 0 Å². The average Bonchev–Trinajstić information content (AvgIpc) is 2.66. The van der Waals surface area contributed by atoms with Crippen molar-refractivity contribution >= 4 is 16.0 Å². The molecule has 2 unspecified atom stereocenters. The van der Waals surface area contributed by atoms with Crippen molar-refractivity contribution in [1.82, 2.24) is 15.4 Å². The Morgan fingerprint density at radius 1 is 1.33 bits per heavy atom. The van der Waals surface area contributed by atoms with Crippen molar-refractivity contribution < 1.29 is 13.2 Å². The predicted molar refractivity (Wildman–Crippen MR) is 109 cm³/mol. The van der Waals surface area contributed by atoms with Gasteiger partial charge in [-0.25, -0.2) is 13.1 Å². The van der Waals surface area contributed by atoms with Crippen molar-refractivity contribution in [2.75, 3.05) is 32.5 Å². The van der Waals surface area contributed by atoms with Crippen LogP contribution in [0.4, 0.5) is 0 Å². The number of rotatable bonds is 8. The van der Waals surface area contributed by atoms with Crippen molar-refractivity contribution in [3.8, 4) is 0 Å². The smallest absolute Gasteiger partial charge is 0.213 e. The zero-order chi connectivity index (χ0) is 19.7. The van der Waals surface area contributed by atoms with Gasteiger partial charge >= 0.3 is 0 Å². The quantitative estimate of drug-likeness (QED) is 0.460. The zero-order valence-electron chi connectivity index (χ0n) is 16.5. The fourth-order valence-corrected chi connectivity index (χ4v) is 4.07. The first-order chi connectivity index (χ1) is 12.9. The summed E-state index contributed by atoms with van der Waals surface area (Å²) in [4.78, 5) is 4.18. The van der Waals surface area contributed by atoms with E-state index in [1.54, 1.807) is 7.05 Å². The molecule has 0 aliphatic carbocycles. The summed E-state index contributed by atoms with van der Waals surface area (Å²) in [5.41, 5.74) is 2.38. The van der Waals surface area contributed by atoms with Gasteiger partial charge in [0.2, 0.25) is 10.0 Å². The minimum absolute atomic E-state index is 0.00845. The van der Waals surface area contributed by atoms with Crippen LogP contribution in [0.1, 0.15) is 43.4 Å². The largest absolute Gasteiger partial charge is 0.377 e. The standard InChI is InChI=1S/C19H32N4O3S/c1-15-8-4-5-10-18(15)16(2)23-19(20-3)21-11-13-27(24,25)22-14-17-9-6-7-12-26-17/h4-5,8,10,16-17,22H,6-7,9,11-14H2,1-3H3,(H2,20,21,23). The van der Waals surface area contributed by atoms with Crippen molar-refractivity contribution in [1.29, 1.82) is 0 Å². The van der Waals surface area contributed by atoms with E-state index in [1.807, 2.05) is 12.1 Å². The van der Waals surface area contributed by atoms with Gasteiger partial charge in [-0.15, -0.1) is 0 Å². The maximum Gasteiger partial charge on any atom is 0.213 e. The number of guanidine groups is 1. The molecule has 2 rings (SSSR count). The van der Waals surface area contributed by atoms with Gasteiger partial charge < -0.3 is 15.4 Å². The molecule has 1 aliphatic rings. The summed E-state index contributed by atoms with van der Waals surface area (Å²) in [5.74, 6) is 0.565. The molecule has 1 aliphatic heterocycles. The molecule has 2 atom stereocenters. The molecule has 27 heavy (non-hydrogen) atoms. The average molecular weight is 397 g/mol. The minimum atomic E-state index is -3.35. The van der Waals surface area contributed by atoms with E-state index in [4.69, 9.17) is 4.74 Å². The third-order valence-corrected chi connectivity index (χ3v) is 6.05. The number of benzene rings is 1. The molecule has 7 nitrogen and oxygen atoms in total. The number of aryl methyl sites for hydroxylation is 1. The number of aliphatic imine (C=N–C) groups is 1. The van der Waals surface area contributed by atoms with E-state index >= 15 is 0 Å². The zero-order valence-corrected chi connectivity index (χ0v) is 17.3. The number of hydrogen-bond acceptors (Lipinski definition) is 4. The molecule has 1 heterocycles. The van der Waals surface area contributed by atoms with Crippen LogP contribution in [0.15, 0.2) is 29.3 Å². The molecule has 1 fully saturated rings. The van der Waals surface area contributed by atoms with Gasteiger partial charge in [0.05, 0.1) is 17.9 Å². The Labute approximate surface area is 163 Å². The lowest BCUT2D eigenvalue weighted by Crippen LogP contribution is -2.43. The molecule has 1 aromatic rings. The van der Waals surface area contributed by atoms with E-state index in [2.05, 4.69) is 46.3 Å². The molecule has 1 aromatic carbocycles. The van der Waals surface area contributed by atoms with Gasteiger partial charge in [0.1, 0.15) is 0 Å². The fraction of sp³-hybridized carbons (Fsp3) is 0.632. The summed E-state index contributed by atoms with van der Waals surface area (Å²) in [6, 6.07) is 8.22. The first-order valence-corrected chi connectivity index (χ1v) is 11.2. The van der Waals surface area contributed by atoms with Crippen LogP contribution < -0.4 is 15.4 Å². The van der Waals surface area contributed by atoms with E-state index < -0.39 is 10.0 Å². The highest BCUT2D eigenvalue weighted by Crippen LogP contribution is 2.16. The topological polar surface area (TPSA) is 91.8 Å². The van der Waals surface area contributed by atoms with Crippen LogP contribution in [0.3, 0.4) is 0 Å². The van der Waals surface area contributed by atoms with E-state index in [0.717, 1.165) is 25.9 Å². The first kappa shape index (κ1) is 21.7. The SMILES string of the molecule is CN=C(NCCS(=O)(=O)NCC1CCCCO1)NC(C)c1ccccc1C. The van der Waals surface area contributed by atoms with Crippen LogP contribution in [-0.4, -0.2) is 53.0 Å². The summed E-state index contributed by atoms with van der Waals surface area (Å²) in [6.45, 7) is 5.46. The number of nitrogens with zero attached hydrogens (tertiary/aromatic N) is 1. The maximum atomic E-state index is 12.2. The van der Waals surface area contributed by atoms with Crippen LogP contribution >= 0.6 is 0 Å². The molecule has 0 saturated carbocycles. The van der Waals surface area contributed by atoms with Crippen LogP contribution in [0.5, 0.6) is 0 Å². The third kappa shape index (κ3) is 7.48. The maximum absolute atomic E-state index is 12.2. The molecule has 8 heteroatoms. The first-order valence-electron chi connectivity index (χ1n) is 9.53. The molecule has 1 saturated heterocycles. The Morgan fingerprint density at radius 3 is 2.78 bits per heavy atom. The van der Waals surface area contributed by atoms with Gasteiger partial charge in [0.15, 0.2) is 5.96 Å². The summed E-state index contributed by atoms with van der Waals surface area (Å²) in [7, 11) is -1.67.